The van der Waals surface area contributed by atoms with Crippen LogP contribution in [0.4, 0.5) is 4.79 Å². The van der Waals surface area contributed by atoms with E-state index in [-0.39, 0.29) is 0 Å². The van der Waals surface area contributed by atoms with Crippen LogP contribution in [0.5, 0.6) is 5.75 Å². The van der Waals surface area contributed by atoms with Gasteiger partial charge in [0.2, 0.25) is 0 Å². The van der Waals surface area contributed by atoms with Crippen molar-refractivity contribution in [2.45, 2.75) is 25.7 Å². The summed E-state index contributed by atoms with van der Waals surface area (Å²) in [5.74, 6) is 0.574. The molecule has 1 heterocycles. The van der Waals surface area contributed by atoms with Gasteiger partial charge in [-0.2, -0.15) is 0 Å². The topological polar surface area (TPSA) is 68.5 Å². The quantitative estimate of drug-likeness (QED) is 0.677. The van der Waals surface area contributed by atoms with Gasteiger partial charge >= 0.3 is 6.09 Å². The highest BCUT2D eigenvalue weighted by atomic mass is 16.5. The lowest BCUT2D eigenvalue weighted by atomic mass is 9.78. The van der Waals surface area contributed by atoms with Crippen LogP contribution in [0.1, 0.15) is 24.5 Å². The van der Waals surface area contributed by atoms with Gasteiger partial charge in [-0.3, -0.25) is 4.57 Å². The van der Waals surface area contributed by atoms with E-state index in [4.69, 9.17) is 4.74 Å². The van der Waals surface area contributed by atoms with Crippen LogP contribution < -0.4 is 4.74 Å². The fraction of sp³-hybridized carbons (Fsp3) is 0.294. The molecule has 0 aliphatic heterocycles. The van der Waals surface area contributed by atoms with E-state index in [9.17, 15) is 14.7 Å². The normalized spacial score (nSPS) is 13.6. The van der Waals surface area contributed by atoms with Crippen molar-refractivity contribution in [3.63, 3.8) is 0 Å². The average Bonchev–Trinajstić information content (AvgIpc) is 2.92. The zero-order chi connectivity index (χ0) is 16.5. The second-order valence-electron chi connectivity index (χ2n) is 5.53. The molecule has 0 radical (unpaired) electrons. The van der Waals surface area contributed by atoms with E-state index in [1.807, 2.05) is 6.92 Å². The van der Waals surface area contributed by atoms with Gasteiger partial charge in [-0.05, 0) is 38.0 Å². The standard InChI is InChI=1S/C17H19NO4/c1-5-7-17(3,10-19)14-12-6-8-18(16(20)21)15(12)11(2)9-13(14)22-4/h5-6,8-10H,1,7H2,2-4H3,(H,20,21). The number of carboxylic acid groups (broad SMARTS) is 1. The number of rotatable bonds is 5. The second kappa shape index (κ2) is 5.67. The SMILES string of the molecule is C=CCC(C)(C=O)c1c(OC)cc(C)c2c1ccn2C(=O)O. The molecule has 5 heteroatoms. The summed E-state index contributed by atoms with van der Waals surface area (Å²) in [5, 5.41) is 10.0. The summed E-state index contributed by atoms with van der Waals surface area (Å²) < 4.78 is 6.61. The third-order valence-electron chi connectivity index (χ3n) is 3.95. The van der Waals surface area contributed by atoms with E-state index in [2.05, 4.69) is 6.58 Å². The summed E-state index contributed by atoms with van der Waals surface area (Å²) in [4.78, 5) is 23.1. The number of aryl methyl sites for hydroxylation is 1. The summed E-state index contributed by atoms with van der Waals surface area (Å²) in [6.07, 6.45) is 3.39. The molecular formula is C17H19NO4. The Bertz CT molecular complexity index is 760. The van der Waals surface area contributed by atoms with Gasteiger partial charge in [0, 0.05) is 17.1 Å². The molecule has 1 aromatic carbocycles. The molecule has 1 aromatic heterocycles. The molecule has 1 atom stereocenters. The van der Waals surface area contributed by atoms with Gasteiger partial charge in [0.25, 0.3) is 0 Å². The smallest absolute Gasteiger partial charge is 0.416 e. The number of hydrogen-bond donors (Lipinski definition) is 1. The van der Waals surface area contributed by atoms with Crippen LogP contribution in [0.3, 0.4) is 0 Å². The molecular weight excluding hydrogens is 282 g/mol. The van der Waals surface area contributed by atoms with E-state index >= 15 is 0 Å². The third-order valence-corrected chi connectivity index (χ3v) is 3.95. The number of ether oxygens (including phenoxy) is 1. The van der Waals surface area contributed by atoms with Crippen molar-refractivity contribution >= 4 is 23.3 Å². The maximum atomic E-state index is 11.7. The molecule has 0 spiro atoms. The predicted molar refractivity (Wildman–Crippen MR) is 84.9 cm³/mol. The molecule has 116 valence electrons. The minimum Gasteiger partial charge on any atom is -0.496 e. The molecule has 2 rings (SSSR count). The molecule has 0 fully saturated rings. The van der Waals surface area contributed by atoms with Crippen molar-refractivity contribution in [2.24, 2.45) is 0 Å². The summed E-state index contributed by atoms with van der Waals surface area (Å²) >= 11 is 0. The maximum Gasteiger partial charge on any atom is 0.416 e. The van der Waals surface area contributed by atoms with Crippen molar-refractivity contribution in [1.82, 2.24) is 4.57 Å². The molecule has 0 aliphatic carbocycles. The van der Waals surface area contributed by atoms with Gasteiger partial charge in [-0.15, -0.1) is 6.58 Å². The Morgan fingerprint density at radius 2 is 2.23 bits per heavy atom. The van der Waals surface area contributed by atoms with Gasteiger partial charge in [-0.25, -0.2) is 4.79 Å². The monoisotopic (exact) mass is 301 g/mol. The molecule has 1 N–H and O–H groups in total. The minimum atomic E-state index is -1.06. The average molecular weight is 301 g/mol. The first-order valence-corrected chi connectivity index (χ1v) is 6.89. The Morgan fingerprint density at radius 3 is 2.73 bits per heavy atom. The van der Waals surface area contributed by atoms with Crippen molar-refractivity contribution in [3.8, 4) is 5.75 Å². The van der Waals surface area contributed by atoms with E-state index in [0.29, 0.717) is 28.6 Å². The first-order chi connectivity index (χ1) is 10.4. The highest BCUT2D eigenvalue weighted by molar-refractivity contribution is 5.97. The molecule has 22 heavy (non-hydrogen) atoms. The van der Waals surface area contributed by atoms with Crippen LogP contribution in [0.2, 0.25) is 0 Å². The number of methoxy groups -OCH3 is 1. The van der Waals surface area contributed by atoms with Gasteiger partial charge in [0.1, 0.15) is 12.0 Å². The number of fused-ring (bicyclic) bond motifs is 1. The highest BCUT2D eigenvalue weighted by Crippen LogP contribution is 2.41. The van der Waals surface area contributed by atoms with Gasteiger partial charge < -0.3 is 14.6 Å². The number of carbonyl (C=O) groups excluding carboxylic acids is 1. The largest absolute Gasteiger partial charge is 0.496 e. The number of aldehydes is 1. The summed E-state index contributed by atoms with van der Waals surface area (Å²) in [6, 6.07) is 3.47. The van der Waals surface area contributed by atoms with E-state index < -0.39 is 11.5 Å². The van der Waals surface area contributed by atoms with E-state index in [1.165, 1.54) is 13.3 Å². The first-order valence-electron chi connectivity index (χ1n) is 6.89. The van der Waals surface area contributed by atoms with Crippen LogP contribution in [0.15, 0.2) is 31.0 Å². The summed E-state index contributed by atoms with van der Waals surface area (Å²) in [5.41, 5.74) is 1.20. The van der Waals surface area contributed by atoms with Crippen LogP contribution >= 0.6 is 0 Å². The molecule has 2 aromatic rings. The van der Waals surface area contributed by atoms with Crippen LogP contribution in [0.25, 0.3) is 10.9 Å². The summed E-state index contributed by atoms with van der Waals surface area (Å²) in [7, 11) is 1.54. The Kier molecular flexibility index (Phi) is 4.08. The second-order valence-corrected chi connectivity index (χ2v) is 5.53. The molecule has 1 unspecified atom stereocenters. The van der Waals surface area contributed by atoms with Crippen molar-refractivity contribution in [2.75, 3.05) is 7.11 Å². The predicted octanol–water partition coefficient (Wildman–Crippen LogP) is 3.52. The number of aromatic nitrogens is 1. The highest BCUT2D eigenvalue weighted by Gasteiger charge is 2.32. The Balaban J connectivity index is 2.93. The van der Waals surface area contributed by atoms with Crippen molar-refractivity contribution in [1.29, 1.82) is 0 Å². The number of benzene rings is 1. The molecule has 0 amide bonds. The Hall–Kier alpha value is -2.56. The zero-order valence-corrected chi connectivity index (χ0v) is 12.9. The lowest BCUT2D eigenvalue weighted by Crippen LogP contribution is -2.24. The number of allylic oxidation sites excluding steroid dienone is 1. The number of carbonyl (C=O) groups is 2. The third kappa shape index (κ3) is 2.28. The zero-order valence-electron chi connectivity index (χ0n) is 12.9. The number of hydrogen-bond acceptors (Lipinski definition) is 3. The molecule has 0 saturated heterocycles. The lowest BCUT2D eigenvalue weighted by Gasteiger charge is -2.26. The Labute approximate surface area is 128 Å². The van der Waals surface area contributed by atoms with Crippen LogP contribution in [0, 0.1) is 6.92 Å². The van der Waals surface area contributed by atoms with Gasteiger partial charge in [-0.1, -0.05) is 6.08 Å². The van der Waals surface area contributed by atoms with E-state index in [1.54, 1.807) is 25.1 Å². The van der Waals surface area contributed by atoms with Crippen LogP contribution in [-0.4, -0.2) is 29.2 Å². The van der Waals surface area contributed by atoms with Crippen molar-refractivity contribution < 1.29 is 19.4 Å². The van der Waals surface area contributed by atoms with E-state index in [0.717, 1.165) is 16.4 Å². The van der Waals surface area contributed by atoms with Crippen molar-refractivity contribution in [3.05, 3.63) is 42.1 Å². The number of nitrogens with zero attached hydrogens (tertiary/aromatic N) is 1. The minimum absolute atomic E-state index is 0.434. The lowest BCUT2D eigenvalue weighted by molar-refractivity contribution is -0.112. The van der Waals surface area contributed by atoms with Gasteiger partial charge in [0.05, 0.1) is 18.0 Å². The Morgan fingerprint density at radius 1 is 1.55 bits per heavy atom. The molecule has 0 aliphatic rings. The molecule has 0 saturated carbocycles. The maximum absolute atomic E-state index is 11.7. The summed E-state index contributed by atoms with van der Waals surface area (Å²) in [6.45, 7) is 7.32. The molecule has 0 bridgehead atoms. The first kappa shape index (κ1) is 15.8. The fourth-order valence-electron chi connectivity index (χ4n) is 2.92. The fourth-order valence-corrected chi connectivity index (χ4v) is 2.92. The van der Waals surface area contributed by atoms with Gasteiger partial charge in [0.15, 0.2) is 0 Å². The van der Waals surface area contributed by atoms with Crippen LogP contribution in [-0.2, 0) is 10.2 Å². The molecule has 5 nitrogen and oxygen atoms in total.